The molecule has 3 N–H and O–H groups in total. The zero-order chi connectivity index (χ0) is 13.8. The van der Waals surface area contributed by atoms with E-state index in [1.807, 2.05) is 17.8 Å². The Bertz CT molecular complexity index is 535. The highest BCUT2D eigenvalue weighted by Gasteiger charge is 2.16. The van der Waals surface area contributed by atoms with Crippen molar-refractivity contribution in [2.45, 2.75) is 18.9 Å². The fraction of sp³-hybridized carbons (Fsp3) is 0.308. The molecule has 0 saturated heterocycles. The van der Waals surface area contributed by atoms with Gasteiger partial charge in [-0.3, -0.25) is 11.3 Å². The maximum atomic E-state index is 13.7. The van der Waals surface area contributed by atoms with Gasteiger partial charge in [-0.25, -0.2) is 9.37 Å². The van der Waals surface area contributed by atoms with Crippen LogP contribution < -0.4 is 11.3 Å². The molecule has 1 aromatic heterocycles. The quantitative estimate of drug-likeness (QED) is 0.650. The summed E-state index contributed by atoms with van der Waals surface area (Å²) in [7, 11) is 1.91. The zero-order valence-electron chi connectivity index (χ0n) is 10.6. The molecule has 0 spiro atoms. The van der Waals surface area contributed by atoms with Gasteiger partial charge in [0.1, 0.15) is 11.6 Å². The van der Waals surface area contributed by atoms with Crippen molar-refractivity contribution in [3.8, 4) is 0 Å². The molecule has 6 heteroatoms. The van der Waals surface area contributed by atoms with E-state index in [1.54, 1.807) is 18.3 Å². The summed E-state index contributed by atoms with van der Waals surface area (Å²) < 4.78 is 15.6. The van der Waals surface area contributed by atoms with Gasteiger partial charge in [0.25, 0.3) is 0 Å². The molecule has 0 saturated carbocycles. The first-order chi connectivity index (χ1) is 9.11. The summed E-state index contributed by atoms with van der Waals surface area (Å²) in [6.07, 6.45) is 4.59. The minimum absolute atomic E-state index is 0.129. The van der Waals surface area contributed by atoms with Crippen LogP contribution in [0.5, 0.6) is 0 Å². The summed E-state index contributed by atoms with van der Waals surface area (Å²) in [5.41, 5.74) is 3.17. The number of nitrogens with zero attached hydrogens (tertiary/aromatic N) is 2. The first kappa shape index (κ1) is 14.0. The highest BCUT2D eigenvalue weighted by atomic mass is 35.5. The lowest BCUT2D eigenvalue weighted by Gasteiger charge is -2.17. The van der Waals surface area contributed by atoms with E-state index in [-0.39, 0.29) is 11.9 Å². The van der Waals surface area contributed by atoms with Crippen LogP contribution in [0.4, 0.5) is 4.39 Å². The molecule has 1 aromatic carbocycles. The third kappa shape index (κ3) is 3.32. The number of aryl methyl sites for hydroxylation is 1. The van der Waals surface area contributed by atoms with Crippen molar-refractivity contribution in [2.75, 3.05) is 0 Å². The van der Waals surface area contributed by atoms with E-state index < -0.39 is 0 Å². The van der Waals surface area contributed by atoms with Crippen LogP contribution in [0.2, 0.25) is 5.02 Å². The van der Waals surface area contributed by atoms with Crippen molar-refractivity contribution >= 4 is 11.6 Å². The van der Waals surface area contributed by atoms with Gasteiger partial charge < -0.3 is 4.57 Å². The Labute approximate surface area is 116 Å². The molecular formula is C13H16ClFN4. The molecule has 19 heavy (non-hydrogen) atoms. The average molecular weight is 283 g/mol. The van der Waals surface area contributed by atoms with Crippen LogP contribution in [0, 0.1) is 5.82 Å². The fourth-order valence-electron chi connectivity index (χ4n) is 1.98. The molecule has 2 aromatic rings. The van der Waals surface area contributed by atoms with Crippen LogP contribution in [0.3, 0.4) is 0 Å². The number of nitrogens with one attached hydrogen (secondary N) is 1. The fourth-order valence-corrected chi connectivity index (χ4v) is 2.22. The number of hydrogen-bond acceptors (Lipinski definition) is 3. The van der Waals surface area contributed by atoms with Crippen molar-refractivity contribution in [2.24, 2.45) is 12.9 Å². The Kier molecular flexibility index (Phi) is 4.52. The van der Waals surface area contributed by atoms with E-state index >= 15 is 0 Å². The lowest BCUT2D eigenvalue weighted by molar-refractivity contribution is 0.492. The molecule has 2 rings (SSSR count). The predicted octanol–water partition coefficient (Wildman–Crippen LogP) is 1.83. The third-order valence-electron chi connectivity index (χ3n) is 3.10. The van der Waals surface area contributed by atoms with Crippen LogP contribution in [0.25, 0.3) is 0 Å². The number of rotatable bonds is 5. The van der Waals surface area contributed by atoms with Crippen LogP contribution in [0.15, 0.2) is 30.6 Å². The van der Waals surface area contributed by atoms with Crippen molar-refractivity contribution in [1.82, 2.24) is 15.0 Å². The molecule has 0 bridgehead atoms. The van der Waals surface area contributed by atoms with E-state index in [2.05, 4.69) is 10.4 Å². The summed E-state index contributed by atoms with van der Waals surface area (Å²) in [4.78, 5) is 4.23. The standard InChI is InChI=1S/C13H16ClFN4/c1-19-6-5-17-13(19)8-9(18-16)7-10-11(14)3-2-4-12(10)15/h2-6,9,18H,7-8,16H2,1H3. The summed E-state index contributed by atoms with van der Waals surface area (Å²) in [5.74, 6) is 6.11. The summed E-state index contributed by atoms with van der Waals surface area (Å²) >= 11 is 6.01. The second kappa shape index (κ2) is 6.14. The van der Waals surface area contributed by atoms with Gasteiger partial charge in [-0.15, -0.1) is 0 Å². The van der Waals surface area contributed by atoms with Crippen molar-refractivity contribution < 1.29 is 4.39 Å². The van der Waals surface area contributed by atoms with Gasteiger partial charge in [0, 0.05) is 42.5 Å². The largest absolute Gasteiger partial charge is 0.338 e. The van der Waals surface area contributed by atoms with Gasteiger partial charge in [0.2, 0.25) is 0 Å². The van der Waals surface area contributed by atoms with Crippen molar-refractivity contribution in [3.05, 3.63) is 52.8 Å². The molecular weight excluding hydrogens is 267 g/mol. The van der Waals surface area contributed by atoms with Crippen LogP contribution >= 0.6 is 11.6 Å². The van der Waals surface area contributed by atoms with E-state index in [1.165, 1.54) is 6.07 Å². The second-order valence-electron chi connectivity index (χ2n) is 4.43. The van der Waals surface area contributed by atoms with Crippen LogP contribution in [-0.2, 0) is 19.9 Å². The molecule has 0 amide bonds. The SMILES string of the molecule is Cn1ccnc1CC(Cc1c(F)cccc1Cl)NN. The molecule has 1 atom stereocenters. The Morgan fingerprint density at radius 2 is 2.26 bits per heavy atom. The summed E-state index contributed by atoms with van der Waals surface area (Å²) in [5, 5.41) is 0.417. The number of hydrogen-bond donors (Lipinski definition) is 2. The second-order valence-corrected chi connectivity index (χ2v) is 4.83. The van der Waals surface area contributed by atoms with Crippen molar-refractivity contribution in [1.29, 1.82) is 0 Å². The Hall–Kier alpha value is -1.43. The van der Waals surface area contributed by atoms with Gasteiger partial charge in [0.15, 0.2) is 0 Å². The number of nitrogens with two attached hydrogens (primary N) is 1. The van der Waals surface area contributed by atoms with Crippen LogP contribution in [0.1, 0.15) is 11.4 Å². The van der Waals surface area contributed by atoms with Gasteiger partial charge >= 0.3 is 0 Å². The maximum Gasteiger partial charge on any atom is 0.127 e. The number of hydrazine groups is 1. The van der Waals surface area contributed by atoms with Gasteiger partial charge in [0.05, 0.1) is 0 Å². The maximum absolute atomic E-state index is 13.7. The topological polar surface area (TPSA) is 55.9 Å². The van der Waals surface area contributed by atoms with E-state index in [4.69, 9.17) is 17.4 Å². The van der Waals surface area contributed by atoms with E-state index in [0.717, 1.165) is 5.82 Å². The molecule has 1 heterocycles. The average Bonchev–Trinajstić information content (AvgIpc) is 2.78. The summed E-state index contributed by atoms with van der Waals surface area (Å²) in [6, 6.07) is 4.53. The highest BCUT2D eigenvalue weighted by molar-refractivity contribution is 6.31. The Morgan fingerprint density at radius 1 is 1.47 bits per heavy atom. The molecule has 0 radical (unpaired) electrons. The normalized spacial score (nSPS) is 12.6. The minimum atomic E-state index is -0.312. The lowest BCUT2D eigenvalue weighted by Crippen LogP contribution is -2.39. The monoisotopic (exact) mass is 282 g/mol. The molecule has 0 fully saturated rings. The smallest absolute Gasteiger partial charge is 0.127 e. The number of halogens is 2. The number of imidazole rings is 1. The molecule has 1 unspecified atom stereocenters. The van der Waals surface area contributed by atoms with E-state index in [9.17, 15) is 4.39 Å². The number of aromatic nitrogens is 2. The third-order valence-corrected chi connectivity index (χ3v) is 3.45. The first-order valence-electron chi connectivity index (χ1n) is 5.97. The van der Waals surface area contributed by atoms with Gasteiger partial charge in [-0.1, -0.05) is 17.7 Å². The van der Waals surface area contributed by atoms with E-state index in [0.29, 0.717) is 23.4 Å². The highest BCUT2D eigenvalue weighted by Crippen LogP contribution is 2.21. The molecule has 0 aliphatic heterocycles. The van der Waals surface area contributed by atoms with Crippen molar-refractivity contribution in [3.63, 3.8) is 0 Å². The molecule has 0 aliphatic rings. The predicted molar refractivity (Wildman–Crippen MR) is 73.1 cm³/mol. The molecule has 102 valence electrons. The molecule has 0 aliphatic carbocycles. The zero-order valence-corrected chi connectivity index (χ0v) is 11.4. The number of benzene rings is 1. The first-order valence-corrected chi connectivity index (χ1v) is 6.35. The Morgan fingerprint density at radius 3 is 2.84 bits per heavy atom. The summed E-state index contributed by atoms with van der Waals surface area (Å²) in [6.45, 7) is 0. The van der Waals surface area contributed by atoms with Crippen LogP contribution in [-0.4, -0.2) is 15.6 Å². The van der Waals surface area contributed by atoms with Gasteiger partial charge in [-0.05, 0) is 18.6 Å². The minimum Gasteiger partial charge on any atom is -0.338 e. The Balaban J connectivity index is 2.13. The lowest BCUT2D eigenvalue weighted by atomic mass is 10.0. The van der Waals surface area contributed by atoms with Gasteiger partial charge in [-0.2, -0.15) is 0 Å². The molecule has 4 nitrogen and oxygen atoms in total.